The average Bonchev–Trinajstić information content (AvgIpc) is 2.62. The molecule has 0 aliphatic heterocycles. The summed E-state index contributed by atoms with van der Waals surface area (Å²) in [6.45, 7) is 1.82. The van der Waals surface area contributed by atoms with Crippen LogP contribution in [0, 0.1) is 5.82 Å². The van der Waals surface area contributed by atoms with Crippen molar-refractivity contribution >= 4 is 27.6 Å². The Hall–Kier alpha value is -2.16. The van der Waals surface area contributed by atoms with Crippen LogP contribution in [0.4, 0.5) is 4.39 Å². The lowest BCUT2D eigenvalue weighted by Gasteiger charge is -2.09. The normalized spacial score (nSPS) is 11.2. The molecule has 0 radical (unpaired) electrons. The van der Waals surface area contributed by atoms with E-state index in [1.165, 1.54) is 30.3 Å². The van der Waals surface area contributed by atoms with E-state index in [2.05, 4.69) is 4.72 Å². The first kappa shape index (κ1) is 21.1. The second kappa shape index (κ2) is 9.68. The van der Waals surface area contributed by atoms with Crippen molar-refractivity contribution in [3.8, 4) is 5.75 Å². The smallest absolute Gasteiger partial charge is 0.307 e. The molecule has 9 heteroatoms. The average molecular weight is 416 g/mol. The summed E-state index contributed by atoms with van der Waals surface area (Å²) in [7, 11) is -3.76. The minimum atomic E-state index is -3.76. The molecule has 0 saturated carbocycles. The summed E-state index contributed by atoms with van der Waals surface area (Å²) >= 11 is 5.84. The topological polar surface area (TPSA) is 81.7 Å². The van der Waals surface area contributed by atoms with Gasteiger partial charge in [0.2, 0.25) is 10.0 Å². The Morgan fingerprint density at radius 1 is 1.19 bits per heavy atom. The zero-order valence-corrected chi connectivity index (χ0v) is 16.1. The number of carbonyl (C=O) groups is 1. The van der Waals surface area contributed by atoms with Gasteiger partial charge in [0.05, 0.1) is 22.9 Å². The van der Waals surface area contributed by atoms with E-state index in [9.17, 15) is 17.6 Å². The van der Waals surface area contributed by atoms with Crippen LogP contribution in [0.2, 0.25) is 5.02 Å². The van der Waals surface area contributed by atoms with Gasteiger partial charge in [-0.15, -0.1) is 0 Å². The Balaban J connectivity index is 1.83. The Kier molecular flexibility index (Phi) is 7.58. The summed E-state index contributed by atoms with van der Waals surface area (Å²) in [5.74, 6) is -0.693. The van der Waals surface area contributed by atoms with Crippen molar-refractivity contribution in [2.75, 3.05) is 13.2 Å². The lowest BCUT2D eigenvalue weighted by Crippen LogP contribution is -2.26. The fourth-order valence-electron chi connectivity index (χ4n) is 2.15. The number of sulfonamides is 1. The van der Waals surface area contributed by atoms with Crippen molar-refractivity contribution in [1.82, 2.24) is 4.72 Å². The maximum absolute atomic E-state index is 13.6. The van der Waals surface area contributed by atoms with Gasteiger partial charge in [0.15, 0.2) is 0 Å². The highest BCUT2D eigenvalue weighted by atomic mass is 35.5. The van der Waals surface area contributed by atoms with E-state index < -0.39 is 21.8 Å². The van der Waals surface area contributed by atoms with E-state index in [0.29, 0.717) is 12.4 Å². The van der Waals surface area contributed by atoms with Gasteiger partial charge in [-0.25, -0.2) is 17.5 Å². The molecule has 0 unspecified atom stereocenters. The zero-order valence-electron chi connectivity index (χ0n) is 14.6. The first-order chi connectivity index (χ1) is 12.8. The standard InChI is InChI=1S/C18H19ClFNO5S/c1-2-25-13-6-8-14(9-7-13)27(23,24)21-11-10-18(22)26-12-15-16(19)4-3-5-17(15)20/h3-9,21H,2,10-12H2,1H3. The summed E-state index contributed by atoms with van der Waals surface area (Å²) in [4.78, 5) is 11.8. The van der Waals surface area contributed by atoms with Gasteiger partial charge < -0.3 is 9.47 Å². The molecule has 27 heavy (non-hydrogen) atoms. The molecule has 2 aromatic rings. The molecule has 0 aliphatic rings. The van der Waals surface area contributed by atoms with Crippen molar-refractivity contribution in [3.05, 3.63) is 58.9 Å². The third-order valence-corrected chi connectivity index (χ3v) is 5.34. The highest BCUT2D eigenvalue weighted by Crippen LogP contribution is 2.20. The maximum atomic E-state index is 13.6. The molecule has 0 aliphatic carbocycles. The predicted molar refractivity (Wildman–Crippen MR) is 98.6 cm³/mol. The van der Waals surface area contributed by atoms with E-state index in [-0.39, 0.29) is 35.1 Å². The van der Waals surface area contributed by atoms with Crippen molar-refractivity contribution in [2.24, 2.45) is 0 Å². The van der Waals surface area contributed by atoms with Gasteiger partial charge in [0.25, 0.3) is 0 Å². The van der Waals surface area contributed by atoms with Gasteiger partial charge in [0, 0.05) is 12.1 Å². The van der Waals surface area contributed by atoms with Gasteiger partial charge in [-0.1, -0.05) is 17.7 Å². The number of carbonyl (C=O) groups excluding carboxylic acids is 1. The first-order valence-corrected chi connectivity index (χ1v) is 10.0. The fraction of sp³-hybridized carbons (Fsp3) is 0.278. The largest absolute Gasteiger partial charge is 0.494 e. The van der Waals surface area contributed by atoms with Gasteiger partial charge in [0.1, 0.15) is 18.2 Å². The molecule has 1 N–H and O–H groups in total. The molecule has 146 valence electrons. The Morgan fingerprint density at radius 3 is 2.52 bits per heavy atom. The molecule has 2 rings (SSSR count). The van der Waals surface area contributed by atoms with E-state index in [1.807, 2.05) is 6.92 Å². The predicted octanol–water partition coefficient (Wildman–Crippen LogP) is 3.29. The molecule has 0 saturated heterocycles. The van der Waals surface area contributed by atoms with Crippen LogP contribution in [0.25, 0.3) is 0 Å². The van der Waals surface area contributed by atoms with Gasteiger partial charge in [-0.2, -0.15) is 0 Å². The lowest BCUT2D eigenvalue weighted by atomic mass is 10.2. The van der Waals surface area contributed by atoms with Crippen molar-refractivity contribution in [2.45, 2.75) is 24.8 Å². The van der Waals surface area contributed by atoms with Crippen LogP contribution in [0.3, 0.4) is 0 Å². The molecule has 0 atom stereocenters. The third kappa shape index (κ3) is 6.20. The van der Waals surface area contributed by atoms with E-state index in [4.69, 9.17) is 21.1 Å². The van der Waals surface area contributed by atoms with Crippen LogP contribution in [0.15, 0.2) is 47.4 Å². The highest BCUT2D eigenvalue weighted by Gasteiger charge is 2.15. The monoisotopic (exact) mass is 415 g/mol. The minimum Gasteiger partial charge on any atom is -0.494 e. The third-order valence-electron chi connectivity index (χ3n) is 3.51. The first-order valence-electron chi connectivity index (χ1n) is 8.14. The van der Waals surface area contributed by atoms with Crippen LogP contribution in [0.1, 0.15) is 18.9 Å². The molecule has 0 heterocycles. The second-order valence-corrected chi connectivity index (χ2v) is 7.59. The second-order valence-electron chi connectivity index (χ2n) is 5.41. The molecule has 0 fully saturated rings. The molecule has 0 spiro atoms. The minimum absolute atomic E-state index is 0.0532. The summed E-state index contributed by atoms with van der Waals surface area (Å²) in [6, 6.07) is 10.0. The number of rotatable bonds is 9. The quantitative estimate of drug-likeness (QED) is 0.635. The Labute approximate surface area is 162 Å². The van der Waals surface area contributed by atoms with E-state index in [1.54, 1.807) is 12.1 Å². The van der Waals surface area contributed by atoms with Gasteiger partial charge >= 0.3 is 5.97 Å². The van der Waals surface area contributed by atoms with Crippen LogP contribution in [-0.4, -0.2) is 27.5 Å². The fourth-order valence-corrected chi connectivity index (χ4v) is 3.40. The van der Waals surface area contributed by atoms with Gasteiger partial charge in [-0.05, 0) is 43.3 Å². The zero-order chi connectivity index (χ0) is 19.9. The number of esters is 1. The molecular formula is C18H19ClFNO5S. The summed E-state index contributed by atoms with van der Waals surface area (Å²) < 4.78 is 50.5. The maximum Gasteiger partial charge on any atom is 0.307 e. The molecule has 0 bridgehead atoms. The molecule has 0 amide bonds. The van der Waals surface area contributed by atoms with E-state index in [0.717, 1.165) is 0 Å². The Morgan fingerprint density at radius 2 is 1.89 bits per heavy atom. The summed E-state index contributed by atoms with van der Waals surface area (Å²) in [5.41, 5.74) is 0.0717. The number of halogens is 2. The Bertz CT molecular complexity index is 867. The number of hydrogen-bond acceptors (Lipinski definition) is 5. The van der Waals surface area contributed by atoms with Crippen LogP contribution in [0.5, 0.6) is 5.75 Å². The number of nitrogens with one attached hydrogen (secondary N) is 1. The van der Waals surface area contributed by atoms with Crippen molar-refractivity contribution in [3.63, 3.8) is 0 Å². The highest BCUT2D eigenvalue weighted by molar-refractivity contribution is 7.89. The van der Waals surface area contributed by atoms with Crippen molar-refractivity contribution in [1.29, 1.82) is 0 Å². The van der Waals surface area contributed by atoms with Crippen molar-refractivity contribution < 1.29 is 27.1 Å². The molecule has 2 aromatic carbocycles. The molecular weight excluding hydrogens is 397 g/mol. The summed E-state index contributed by atoms with van der Waals surface area (Å²) in [5, 5.41) is 0.152. The molecule has 0 aromatic heterocycles. The lowest BCUT2D eigenvalue weighted by molar-refractivity contribution is -0.144. The van der Waals surface area contributed by atoms with Crippen LogP contribution >= 0.6 is 11.6 Å². The number of hydrogen-bond donors (Lipinski definition) is 1. The SMILES string of the molecule is CCOc1ccc(S(=O)(=O)NCCC(=O)OCc2c(F)cccc2Cl)cc1. The summed E-state index contributed by atoms with van der Waals surface area (Å²) in [6.07, 6.45) is -0.206. The van der Waals surface area contributed by atoms with E-state index >= 15 is 0 Å². The number of benzene rings is 2. The van der Waals surface area contributed by atoms with Crippen LogP contribution in [-0.2, 0) is 26.2 Å². The number of ether oxygens (including phenoxy) is 2. The van der Waals surface area contributed by atoms with Crippen LogP contribution < -0.4 is 9.46 Å². The molecule has 6 nitrogen and oxygen atoms in total. The van der Waals surface area contributed by atoms with Gasteiger partial charge in [-0.3, -0.25) is 4.79 Å².